The Morgan fingerprint density at radius 3 is 2.38 bits per heavy atom. The molecule has 1 rings (SSSR count). The minimum Gasteiger partial charge on any atom is -0.270 e. The van der Waals surface area contributed by atoms with Crippen molar-refractivity contribution in [3.05, 3.63) is 23.8 Å². The fourth-order valence-corrected chi connectivity index (χ4v) is 0.753. The van der Waals surface area contributed by atoms with Gasteiger partial charge >= 0.3 is 0 Å². The maximum Gasteiger partial charge on any atom is 0 e. The predicted molar refractivity (Wildman–Crippen MR) is 30.7 cm³/mol. The quantitative estimate of drug-likeness (QED) is 0.467. The Morgan fingerprint density at radius 2 is 2.25 bits per heavy atom. The summed E-state index contributed by atoms with van der Waals surface area (Å²) < 4.78 is 0. The summed E-state index contributed by atoms with van der Waals surface area (Å²) in [5, 5.41) is 0. The molecule has 1 unspecified atom stereocenters. The Morgan fingerprint density at radius 1 is 1.62 bits per heavy atom. The number of hydrogen-bond donors (Lipinski definition) is 0. The largest absolute Gasteiger partial charge is 0.270 e. The molecule has 8 heavy (non-hydrogen) atoms. The first-order valence-corrected chi connectivity index (χ1v) is 2.57. The Bertz CT molecular complexity index is 122. The second-order valence-electron chi connectivity index (χ2n) is 2.01. The van der Waals surface area contributed by atoms with Crippen LogP contribution in [-0.2, 0) is 25.8 Å². The molecule has 1 atom stereocenters. The molecular weight excluding hydrogens is 263 g/mol. The zero-order valence-corrected chi connectivity index (χ0v) is 8.82. The molecule has 0 amide bonds. The van der Waals surface area contributed by atoms with E-state index in [9.17, 15) is 0 Å². The van der Waals surface area contributed by atoms with Crippen LogP contribution in [0.5, 0.6) is 0 Å². The first kappa shape index (κ1) is 8.35. The summed E-state index contributed by atoms with van der Waals surface area (Å²) in [7, 11) is 0. The molecule has 0 saturated heterocycles. The minimum absolute atomic E-state index is 0. The van der Waals surface area contributed by atoms with Gasteiger partial charge in [0.15, 0.2) is 0 Å². The van der Waals surface area contributed by atoms with Gasteiger partial charge in [-0.25, -0.2) is 11.6 Å². The zero-order chi connectivity index (χ0) is 5.28. The normalized spacial score (nSPS) is 24.8. The molecule has 0 fully saturated rings. The van der Waals surface area contributed by atoms with Crippen LogP contribution in [0.3, 0.4) is 0 Å². The number of rotatable bonds is 0. The topological polar surface area (TPSA) is 0 Å². The molecule has 0 aliphatic heterocycles. The van der Waals surface area contributed by atoms with Gasteiger partial charge in [-0.15, -0.1) is 6.92 Å². The van der Waals surface area contributed by atoms with Gasteiger partial charge in [0, 0.05) is 25.8 Å². The smallest absolute Gasteiger partial charge is 0 e. The van der Waals surface area contributed by atoms with Crippen LogP contribution < -0.4 is 0 Å². The van der Waals surface area contributed by atoms with Gasteiger partial charge in [-0.1, -0.05) is 12.8 Å². The predicted octanol–water partition coefficient (Wildman–Crippen LogP) is 1.94. The minimum atomic E-state index is 0. The van der Waals surface area contributed by atoms with Crippen molar-refractivity contribution < 1.29 is 25.8 Å². The van der Waals surface area contributed by atoms with Crippen molar-refractivity contribution in [1.29, 1.82) is 0 Å². The van der Waals surface area contributed by atoms with Crippen LogP contribution in [0.2, 0.25) is 0 Å². The maximum absolute atomic E-state index is 3.15. The van der Waals surface area contributed by atoms with Crippen molar-refractivity contribution in [2.24, 2.45) is 5.92 Å². The van der Waals surface area contributed by atoms with E-state index in [1.807, 2.05) is 6.08 Å². The second-order valence-corrected chi connectivity index (χ2v) is 2.01. The molecule has 0 aromatic carbocycles. The van der Waals surface area contributed by atoms with Crippen LogP contribution in [0.1, 0.15) is 13.8 Å². The molecule has 1 heteroatoms. The molecule has 1 aliphatic carbocycles. The van der Waals surface area contributed by atoms with Crippen LogP contribution in [-0.4, -0.2) is 0 Å². The van der Waals surface area contributed by atoms with Crippen molar-refractivity contribution in [3.8, 4) is 0 Å². The zero-order valence-electron chi connectivity index (χ0n) is 5.23. The standard InChI is InChI=1S/C7H9.Hf/c1-6-3-4-7(2)5-6;/h3,5,7H,1-2H3;/q-1;. The van der Waals surface area contributed by atoms with Crippen molar-refractivity contribution in [3.63, 3.8) is 0 Å². The summed E-state index contributed by atoms with van der Waals surface area (Å²) in [5.74, 6) is 0.556. The Labute approximate surface area is 69.5 Å². The molecule has 0 aromatic heterocycles. The van der Waals surface area contributed by atoms with Crippen LogP contribution in [0, 0.1) is 12.0 Å². The number of allylic oxidation sites excluding steroid dienone is 4. The van der Waals surface area contributed by atoms with E-state index in [0.717, 1.165) is 0 Å². The van der Waals surface area contributed by atoms with E-state index >= 15 is 0 Å². The van der Waals surface area contributed by atoms with E-state index in [-0.39, 0.29) is 25.8 Å². The fraction of sp³-hybridized carbons (Fsp3) is 0.429. The molecule has 0 aromatic rings. The summed E-state index contributed by atoms with van der Waals surface area (Å²) >= 11 is 0. The van der Waals surface area contributed by atoms with Crippen molar-refractivity contribution in [1.82, 2.24) is 0 Å². The summed E-state index contributed by atoms with van der Waals surface area (Å²) in [4.78, 5) is 0. The summed E-state index contributed by atoms with van der Waals surface area (Å²) in [5.41, 5.74) is 1.34. The van der Waals surface area contributed by atoms with Crippen LogP contribution in [0.4, 0.5) is 0 Å². The van der Waals surface area contributed by atoms with Crippen molar-refractivity contribution >= 4 is 0 Å². The van der Waals surface area contributed by atoms with Crippen LogP contribution in [0.25, 0.3) is 0 Å². The second kappa shape index (κ2) is 3.39. The van der Waals surface area contributed by atoms with E-state index in [4.69, 9.17) is 0 Å². The van der Waals surface area contributed by atoms with Gasteiger partial charge in [0.2, 0.25) is 0 Å². The third-order valence-electron chi connectivity index (χ3n) is 1.09. The van der Waals surface area contributed by atoms with E-state index in [1.54, 1.807) is 0 Å². The van der Waals surface area contributed by atoms with Crippen molar-refractivity contribution in [2.75, 3.05) is 0 Å². The summed E-state index contributed by atoms with van der Waals surface area (Å²) in [6, 6.07) is 0. The van der Waals surface area contributed by atoms with E-state index in [1.165, 1.54) is 5.57 Å². The van der Waals surface area contributed by atoms with E-state index < -0.39 is 0 Å². The Kier molecular flexibility index (Phi) is 3.54. The average molecular weight is 272 g/mol. The van der Waals surface area contributed by atoms with Crippen molar-refractivity contribution in [2.45, 2.75) is 13.8 Å². The molecule has 1 aliphatic rings. The van der Waals surface area contributed by atoms with Gasteiger partial charge in [0.05, 0.1) is 0 Å². The first-order valence-electron chi connectivity index (χ1n) is 2.57. The van der Waals surface area contributed by atoms with Gasteiger partial charge in [-0.2, -0.15) is 6.08 Å². The molecule has 0 radical (unpaired) electrons. The average Bonchev–Trinajstić information content (AvgIpc) is 1.87. The summed E-state index contributed by atoms with van der Waals surface area (Å²) in [6.45, 7) is 4.23. The molecule has 0 nitrogen and oxygen atoms in total. The molecule has 0 bridgehead atoms. The molecule has 42 valence electrons. The monoisotopic (exact) mass is 273 g/mol. The first-order chi connectivity index (χ1) is 3.29. The van der Waals surface area contributed by atoms with E-state index in [0.29, 0.717) is 5.92 Å². The molecule has 0 spiro atoms. The Hall–Kier alpha value is 0.350. The fourth-order valence-electron chi connectivity index (χ4n) is 0.753. The van der Waals surface area contributed by atoms with Gasteiger partial charge in [-0.3, -0.25) is 6.08 Å². The third kappa shape index (κ3) is 2.08. The van der Waals surface area contributed by atoms with Gasteiger partial charge in [0.1, 0.15) is 0 Å². The molecule has 0 heterocycles. The number of hydrogen-bond acceptors (Lipinski definition) is 0. The van der Waals surface area contributed by atoms with Gasteiger partial charge < -0.3 is 0 Å². The summed E-state index contributed by atoms with van der Waals surface area (Å²) in [6.07, 6.45) is 7.38. The van der Waals surface area contributed by atoms with Crippen LogP contribution >= 0.6 is 0 Å². The van der Waals surface area contributed by atoms with E-state index in [2.05, 4.69) is 26.0 Å². The molecule has 0 N–H and O–H groups in total. The SMILES string of the molecule is CC1=CC(C)[C-]=C1.[Hf]. The molecular formula is C7H9Hf-. The third-order valence-corrected chi connectivity index (χ3v) is 1.09. The molecule has 0 saturated carbocycles. The van der Waals surface area contributed by atoms with Gasteiger partial charge in [0.25, 0.3) is 0 Å². The van der Waals surface area contributed by atoms with Gasteiger partial charge in [-0.05, 0) is 0 Å². The van der Waals surface area contributed by atoms with Crippen LogP contribution in [0.15, 0.2) is 17.7 Å². The maximum atomic E-state index is 3.15. The Balaban J connectivity index is 0.000000490.